The van der Waals surface area contributed by atoms with E-state index in [4.69, 9.17) is 45.4 Å². The number of ether oxygens (including phenoxy) is 3. The molecule has 0 aliphatic carbocycles. The van der Waals surface area contributed by atoms with Crippen LogP contribution in [0.15, 0.2) is 185 Å². The molecule has 0 bridgehead atoms. The number of benzene rings is 7. The van der Waals surface area contributed by atoms with E-state index in [1.165, 1.54) is 104 Å². The number of amidine groups is 1. The summed E-state index contributed by atoms with van der Waals surface area (Å²) >= 11 is 4.64. The molecule has 692 valence electrons. The van der Waals surface area contributed by atoms with Crippen molar-refractivity contribution in [2.75, 3.05) is 105 Å². The fraction of sp³-hybridized carbons (Fsp3) is 0.484. The van der Waals surface area contributed by atoms with Crippen LogP contribution in [0.5, 0.6) is 0 Å². The molecule has 4 atom stereocenters. The number of aliphatic imine (C=N–C) groups is 1. The van der Waals surface area contributed by atoms with Crippen LogP contribution in [0.3, 0.4) is 0 Å². The van der Waals surface area contributed by atoms with Crippen LogP contribution in [-0.2, 0) is 66.1 Å². The first-order valence-electron chi connectivity index (χ1n) is 44.5. The molecular formula is C95H133Cl2N15O13S2. The van der Waals surface area contributed by atoms with E-state index >= 15 is 0 Å². The van der Waals surface area contributed by atoms with Gasteiger partial charge in [0.1, 0.15) is 11.8 Å². The summed E-state index contributed by atoms with van der Waals surface area (Å²) in [6, 6.07) is 52.3. The topological polar surface area (TPSA) is 360 Å². The molecule has 0 spiro atoms. The number of aryl methyl sites for hydroxylation is 3. The molecule has 2 saturated heterocycles. The Hall–Kier alpha value is -8.93. The van der Waals surface area contributed by atoms with Crippen LogP contribution >= 0.6 is 22.3 Å². The maximum Gasteiger partial charge on any atom is 0.294 e. The summed E-state index contributed by atoms with van der Waals surface area (Å²) in [5, 5.41) is 69.6. The number of rotatable bonds is 23. The SMILES string of the molecule is C1CCC2=NCCCN2CC1.CCCC(=O)c1c2ccccc2nn1CCO.CCC[C@@H](O)c1c2ccccc2nn1CCC.CCC[C@@H](O)c1c2ccccc2nn1CCO.CCC[C@H]1OCCn2nc3ccccc3c21.CCl.CNC[C@H]1OCCn2nc3ccccc3c21.Cc1ccc(S(=O)(=O)Cl)cc1.Cc1ccc(S(=O)(=O)O)cc1.NCCN1CCOCC1. The van der Waals surface area contributed by atoms with Gasteiger partial charge in [0, 0.05) is 116 Å². The molecule has 10 heterocycles. The molecule has 0 saturated carbocycles. The van der Waals surface area contributed by atoms with Crippen molar-refractivity contribution in [1.29, 1.82) is 0 Å². The van der Waals surface area contributed by atoms with Gasteiger partial charge in [0.2, 0.25) is 0 Å². The fourth-order valence-electron chi connectivity index (χ4n) is 15.5. The van der Waals surface area contributed by atoms with E-state index in [1.54, 1.807) is 33.6 Å². The molecule has 32 heteroatoms. The third-order valence-corrected chi connectivity index (χ3v) is 23.7. The van der Waals surface area contributed by atoms with Crippen LogP contribution in [0.1, 0.15) is 193 Å². The predicted octanol–water partition coefficient (Wildman–Crippen LogP) is 16.3. The normalized spacial score (nSPS) is 15.8. The highest BCUT2D eigenvalue weighted by Crippen LogP contribution is 2.35. The first kappa shape index (κ1) is 103. The van der Waals surface area contributed by atoms with E-state index < -0.39 is 31.4 Å². The van der Waals surface area contributed by atoms with Crippen LogP contribution < -0.4 is 11.1 Å². The Morgan fingerprint density at radius 1 is 0.512 bits per heavy atom. The highest BCUT2D eigenvalue weighted by molar-refractivity contribution is 8.13. The number of aliphatic hydroxyl groups excluding tert-OH is 4. The molecule has 0 unspecified atom stereocenters. The summed E-state index contributed by atoms with van der Waals surface area (Å²) in [5.41, 5.74) is 17.0. The largest absolute Gasteiger partial charge is 0.394 e. The number of fused-ring (bicyclic) bond motifs is 10. The van der Waals surface area contributed by atoms with Gasteiger partial charge in [0.25, 0.3) is 19.2 Å². The van der Waals surface area contributed by atoms with Gasteiger partial charge in [-0.25, -0.2) is 8.42 Å². The van der Waals surface area contributed by atoms with Gasteiger partial charge in [-0.3, -0.25) is 42.6 Å². The van der Waals surface area contributed by atoms with Crippen molar-refractivity contribution in [1.82, 2.24) is 64.0 Å². The van der Waals surface area contributed by atoms with Crippen molar-refractivity contribution in [3.05, 3.63) is 209 Å². The first-order chi connectivity index (χ1) is 61.5. The number of morpholine rings is 1. The molecule has 28 nitrogen and oxygen atoms in total. The zero-order valence-electron chi connectivity index (χ0n) is 75.3. The summed E-state index contributed by atoms with van der Waals surface area (Å²) in [6.07, 6.45) is 15.5. The van der Waals surface area contributed by atoms with Gasteiger partial charge >= 0.3 is 0 Å². The van der Waals surface area contributed by atoms with Gasteiger partial charge in [-0.1, -0.05) is 187 Å². The Morgan fingerprint density at radius 3 is 1.43 bits per heavy atom. The van der Waals surface area contributed by atoms with Crippen LogP contribution in [0, 0.1) is 13.8 Å². The molecule has 0 amide bonds. The van der Waals surface area contributed by atoms with Crippen molar-refractivity contribution in [2.24, 2.45) is 10.7 Å². The minimum Gasteiger partial charge on any atom is -0.394 e. The second-order valence-corrected chi connectivity index (χ2v) is 35.1. The number of aromatic nitrogens is 10. The molecule has 2 fully saturated rings. The molecule has 5 aliphatic heterocycles. The van der Waals surface area contributed by atoms with E-state index in [0.29, 0.717) is 31.6 Å². The molecule has 7 aromatic carbocycles. The molecule has 8 N–H and O–H groups in total. The minimum atomic E-state index is -4.02. The first-order valence-corrected chi connectivity index (χ1v) is 49.0. The Morgan fingerprint density at radius 2 is 0.961 bits per heavy atom. The highest BCUT2D eigenvalue weighted by Gasteiger charge is 2.28. The van der Waals surface area contributed by atoms with E-state index in [0.717, 1.165) is 197 Å². The molecule has 12 aromatic rings. The molecule has 5 aromatic heterocycles. The molecular weight excluding hydrogens is 1690 g/mol. The van der Waals surface area contributed by atoms with Crippen molar-refractivity contribution in [2.45, 2.75) is 205 Å². The van der Waals surface area contributed by atoms with E-state index in [9.17, 15) is 31.8 Å². The number of hydrogen-bond donors (Lipinski definition) is 7. The van der Waals surface area contributed by atoms with Gasteiger partial charge < -0.3 is 50.6 Å². The number of likely N-dealkylation sites (N-methyl/N-ethyl adjacent to an activating group) is 1. The summed E-state index contributed by atoms with van der Waals surface area (Å²) in [4.78, 5) is 21.5. The van der Waals surface area contributed by atoms with Crippen molar-refractivity contribution in [3.63, 3.8) is 0 Å². The number of ketones is 1. The van der Waals surface area contributed by atoms with E-state index in [2.05, 4.69) is 124 Å². The molecule has 17 rings (SSSR count). The number of Topliss-reactive ketones (excluding diaryl/α,β-unsaturated/α-hetero) is 1. The second kappa shape index (κ2) is 54.5. The van der Waals surface area contributed by atoms with Gasteiger partial charge in [-0.05, 0) is 127 Å². The number of aliphatic hydroxyl groups is 4. The van der Waals surface area contributed by atoms with Crippen LogP contribution in [-0.4, -0.2) is 218 Å². The van der Waals surface area contributed by atoms with Gasteiger partial charge in [-0.2, -0.15) is 33.9 Å². The van der Waals surface area contributed by atoms with Crippen molar-refractivity contribution in [3.8, 4) is 0 Å². The lowest BCUT2D eigenvalue weighted by Crippen LogP contribution is -2.39. The lowest BCUT2D eigenvalue weighted by molar-refractivity contribution is 0.0123. The quantitative estimate of drug-likeness (QED) is 0.0135. The number of nitrogens with two attached hydrogens (primary N) is 1. The van der Waals surface area contributed by atoms with Crippen LogP contribution in [0.2, 0.25) is 0 Å². The Bertz CT molecular complexity index is 5260. The van der Waals surface area contributed by atoms with Gasteiger partial charge in [-0.15, -0.1) is 11.6 Å². The lowest BCUT2D eigenvalue weighted by Gasteiger charge is -2.27. The van der Waals surface area contributed by atoms with Gasteiger partial charge in [0.05, 0.1) is 150 Å². The van der Waals surface area contributed by atoms with Crippen LogP contribution in [0.25, 0.3) is 54.5 Å². The average Bonchev–Trinajstić information content (AvgIpc) is 1.64. The fourth-order valence-corrected chi connectivity index (χ4v) is 16.7. The number of alkyl halides is 1. The minimum absolute atomic E-state index is 0.0135. The Kier molecular flexibility index (Phi) is 44.4. The molecule has 0 radical (unpaired) electrons. The van der Waals surface area contributed by atoms with Crippen molar-refractivity contribution >= 4 is 108 Å². The molecule has 5 aliphatic rings. The summed E-state index contributed by atoms with van der Waals surface area (Å²) in [7, 11) is -0.539. The zero-order chi connectivity index (χ0) is 91.7. The highest BCUT2D eigenvalue weighted by atomic mass is 35.7. The van der Waals surface area contributed by atoms with E-state index in [-0.39, 0.29) is 41.0 Å². The standard InChI is InChI=1S/C14H20N2O.C13H18N2O2.C13H16N2O2.C13H16N2O.C12H15N3O.C9H16N2.C7H7ClO2S.C7H8O3S.C6H14N2O.CH3Cl/c1-3-7-13(17)14-11-8-5-6-9-12(11)15-16(14)10-4-2;2*1-2-5-12(17)13-10-6-3-4-7-11(10)14-15(13)8-9-16;1-2-5-12-13-10-6-3-4-7-11(10)14-15(13)8-9-16-12;1-13-8-11-12-9-4-2-3-5-10(9)14-15(12)6-7-16-11;1-2-5-9-10-6-4-8-11(9)7-3-1;2*1-6-2-4-7(5-3-6)11(8,9)10;7-1-2-8-3-5-9-6-4-8;1-2/h5-6,8-9,13,17H,3-4,7,10H2,1-2H3;3-4,6-7,12,16-17H,2,5,8-9H2,1H3;3-4,6-7,16H,2,5,8-9H2,1H3;3-4,6-7,12H,2,5,8-9H2,1H3;2-5,11,13H,6-8H2,1H3;1-8H2;2-5H,1H3;2-5H,1H3,(H,8,9,10);1-7H2;1H3/t13-;12-;;12-;11-;;;;;/m11.11...../s1. The summed E-state index contributed by atoms with van der Waals surface area (Å²) < 4.78 is 77.3. The summed E-state index contributed by atoms with van der Waals surface area (Å²) in [6.45, 7) is 29.1. The Balaban J connectivity index is 0.000000178. The lowest BCUT2D eigenvalue weighted by atomic mass is 10.1. The number of carbonyl (C=O) groups excluding carboxylic acids is 1. The molecule has 127 heavy (non-hydrogen) atoms. The Labute approximate surface area is 758 Å². The predicted molar refractivity (Wildman–Crippen MR) is 509 cm³/mol. The van der Waals surface area contributed by atoms with Gasteiger partial charge in [0.15, 0.2) is 5.78 Å². The van der Waals surface area contributed by atoms with E-state index in [1.807, 2.05) is 124 Å². The number of halogens is 2. The third kappa shape index (κ3) is 30.9. The number of nitrogens with zero attached hydrogens (tertiary/aromatic N) is 13. The summed E-state index contributed by atoms with van der Waals surface area (Å²) in [5.74, 6) is 1.49. The number of nitrogens with one attached hydrogen (secondary N) is 1. The monoisotopic (exact) mass is 1830 g/mol. The average molecular weight is 1830 g/mol. The zero-order valence-corrected chi connectivity index (χ0v) is 78.4. The number of hydrogen-bond acceptors (Lipinski definition) is 22. The number of carbonyl (C=O) groups is 1. The maximum atomic E-state index is 12.1. The second-order valence-electron chi connectivity index (χ2n) is 31.1. The maximum absolute atomic E-state index is 12.1. The third-order valence-electron chi connectivity index (χ3n) is 21.5. The smallest absolute Gasteiger partial charge is 0.294 e. The van der Waals surface area contributed by atoms with Crippen LogP contribution in [0.4, 0.5) is 0 Å². The van der Waals surface area contributed by atoms with Crippen molar-refractivity contribution < 1.29 is 60.8 Å².